The lowest BCUT2D eigenvalue weighted by atomic mass is 10.1. The minimum atomic E-state index is -0.955. The van der Waals surface area contributed by atoms with Crippen LogP contribution in [0.5, 0.6) is 0 Å². The van der Waals surface area contributed by atoms with E-state index in [1.807, 2.05) is 6.07 Å². The van der Waals surface area contributed by atoms with Gasteiger partial charge < -0.3 is 5.11 Å². The van der Waals surface area contributed by atoms with Gasteiger partial charge in [-0.05, 0) is 20.8 Å². The Morgan fingerprint density at radius 3 is 2.24 bits per heavy atom. The summed E-state index contributed by atoms with van der Waals surface area (Å²) in [6.45, 7) is 4.95. The summed E-state index contributed by atoms with van der Waals surface area (Å²) in [5.74, 6) is -0.944. The lowest BCUT2D eigenvalue weighted by Gasteiger charge is -2.22. The van der Waals surface area contributed by atoms with Gasteiger partial charge in [0.15, 0.2) is 5.78 Å². The largest absolute Gasteiger partial charge is 0.480 e. The number of carbonyl (C=O) groups is 2. The molecule has 0 spiro atoms. The molecule has 1 atom stereocenters. The molecule has 3 nitrogen and oxygen atoms in total. The summed E-state index contributed by atoms with van der Waals surface area (Å²) in [4.78, 5) is 23.0. The average molecular weight is 252 g/mol. The van der Waals surface area contributed by atoms with Gasteiger partial charge in [-0.3, -0.25) is 9.59 Å². The van der Waals surface area contributed by atoms with Gasteiger partial charge in [0.25, 0.3) is 0 Å². The molecule has 1 N–H and O–H groups in total. The molecule has 0 aliphatic carbocycles. The van der Waals surface area contributed by atoms with Crippen LogP contribution in [0.3, 0.4) is 0 Å². The second-order valence-corrected chi connectivity index (χ2v) is 6.27. The van der Waals surface area contributed by atoms with E-state index in [0.717, 1.165) is 11.8 Å². The zero-order valence-electron chi connectivity index (χ0n) is 10.1. The van der Waals surface area contributed by atoms with Gasteiger partial charge >= 0.3 is 5.97 Å². The van der Waals surface area contributed by atoms with Crippen LogP contribution in [-0.2, 0) is 4.79 Å². The van der Waals surface area contributed by atoms with E-state index in [4.69, 9.17) is 5.11 Å². The van der Waals surface area contributed by atoms with Crippen LogP contribution in [0, 0.1) is 0 Å². The van der Waals surface area contributed by atoms with Crippen molar-refractivity contribution in [3.05, 3.63) is 35.9 Å². The molecular weight excluding hydrogens is 236 g/mol. The molecule has 4 heteroatoms. The van der Waals surface area contributed by atoms with E-state index < -0.39 is 10.7 Å². The van der Waals surface area contributed by atoms with Crippen molar-refractivity contribution in [3.63, 3.8) is 0 Å². The van der Waals surface area contributed by atoms with Gasteiger partial charge in [-0.2, -0.15) is 0 Å². The average Bonchev–Trinajstić information content (AvgIpc) is 2.28. The van der Waals surface area contributed by atoms with Crippen LogP contribution in [0.2, 0.25) is 0 Å². The molecule has 0 aliphatic heterocycles. The molecule has 0 saturated heterocycles. The van der Waals surface area contributed by atoms with E-state index in [-0.39, 0.29) is 11.0 Å². The van der Waals surface area contributed by atoms with Crippen molar-refractivity contribution < 1.29 is 14.7 Å². The van der Waals surface area contributed by atoms with Crippen molar-refractivity contribution in [3.8, 4) is 0 Å². The molecular formula is C13H16O3S. The Bertz CT molecular complexity index is 412. The molecule has 0 radical (unpaired) electrons. The lowest BCUT2D eigenvalue weighted by molar-refractivity contribution is -0.138. The van der Waals surface area contributed by atoms with E-state index in [1.165, 1.54) is 0 Å². The standard InChI is InChI=1S/C13H16O3S/c1-9(17-13(2,3)12(15)16)11(14)10-7-5-4-6-8-10/h4-9H,1-3H3,(H,15,16). The predicted molar refractivity (Wildman–Crippen MR) is 69.5 cm³/mol. The maximum Gasteiger partial charge on any atom is 0.319 e. The molecule has 1 rings (SSSR count). The molecule has 0 amide bonds. The summed E-state index contributed by atoms with van der Waals surface area (Å²) in [6.07, 6.45) is 0. The first-order valence-electron chi connectivity index (χ1n) is 5.35. The van der Waals surface area contributed by atoms with Crippen molar-refractivity contribution in [1.29, 1.82) is 0 Å². The Hall–Kier alpha value is -1.29. The van der Waals surface area contributed by atoms with Crippen LogP contribution < -0.4 is 0 Å². The summed E-state index contributed by atoms with van der Waals surface area (Å²) < 4.78 is -0.955. The molecule has 0 heterocycles. The van der Waals surface area contributed by atoms with Crippen molar-refractivity contribution in [2.24, 2.45) is 0 Å². The minimum absolute atomic E-state index is 0.0371. The third-order valence-corrected chi connectivity index (χ3v) is 3.75. The highest BCUT2D eigenvalue weighted by Gasteiger charge is 2.32. The zero-order chi connectivity index (χ0) is 13.1. The molecule has 0 bridgehead atoms. The Morgan fingerprint density at radius 2 is 1.76 bits per heavy atom. The third-order valence-electron chi connectivity index (χ3n) is 2.41. The van der Waals surface area contributed by atoms with Crippen molar-refractivity contribution in [2.45, 2.75) is 30.8 Å². The fourth-order valence-electron chi connectivity index (χ4n) is 1.38. The molecule has 1 aromatic rings. The summed E-state index contributed by atoms with van der Waals surface area (Å²) in [5.41, 5.74) is 0.619. The summed E-state index contributed by atoms with van der Waals surface area (Å²) in [7, 11) is 0. The number of rotatable bonds is 5. The van der Waals surface area contributed by atoms with Crippen LogP contribution in [0.1, 0.15) is 31.1 Å². The highest BCUT2D eigenvalue weighted by molar-refractivity contribution is 8.02. The third kappa shape index (κ3) is 3.60. The van der Waals surface area contributed by atoms with Gasteiger partial charge in [0, 0.05) is 5.56 Å². The molecule has 0 aromatic heterocycles. The molecule has 0 saturated carbocycles. The number of carbonyl (C=O) groups excluding carboxylic acids is 1. The maximum absolute atomic E-state index is 12.0. The number of Topliss-reactive ketones (excluding diaryl/α,β-unsaturated/α-hetero) is 1. The maximum atomic E-state index is 12.0. The highest BCUT2D eigenvalue weighted by atomic mass is 32.2. The number of carboxylic acids is 1. The normalized spacial score (nSPS) is 13.1. The first-order valence-corrected chi connectivity index (χ1v) is 6.23. The topological polar surface area (TPSA) is 54.4 Å². The summed E-state index contributed by atoms with van der Waals surface area (Å²) in [5, 5.41) is 8.64. The van der Waals surface area contributed by atoms with Gasteiger partial charge in [-0.15, -0.1) is 11.8 Å². The number of ketones is 1. The van der Waals surface area contributed by atoms with Crippen LogP contribution in [-0.4, -0.2) is 26.9 Å². The molecule has 1 unspecified atom stereocenters. The Balaban J connectivity index is 2.75. The summed E-state index contributed by atoms with van der Waals surface area (Å²) in [6, 6.07) is 8.93. The van der Waals surface area contributed by atoms with E-state index in [9.17, 15) is 9.59 Å². The molecule has 1 aromatic carbocycles. The fourth-order valence-corrected chi connectivity index (χ4v) is 2.61. The summed E-state index contributed by atoms with van der Waals surface area (Å²) >= 11 is 1.16. The zero-order valence-corrected chi connectivity index (χ0v) is 11.0. The molecule has 0 fully saturated rings. The smallest absolute Gasteiger partial charge is 0.319 e. The number of thioether (sulfide) groups is 1. The first-order chi connectivity index (χ1) is 7.84. The number of aliphatic carboxylic acids is 1. The van der Waals surface area contributed by atoms with Crippen LogP contribution >= 0.6 is 11.8 Å². The molecule has 0 aliphatic rings. The van der Waals surface area contributed by atoms with Gasteiger partial charge in [-0.1, -0.05) is 30.3 Å². The number of carboxylic acid groups (broad SMARTS) is 1. The van der Waals surface area contributed by atoms with Gasteiger partial charge in [0.2, 0.25) is 0 Å². The quantitative estimate of drug-likeness (QED) is 0.819. The van der Waals surface area contributed by atoms with Gasteiger partial charge in [0.1, 0.15) is 4.75 Å². The number of benzene rings is 1. The minimum Gasteiger partial charge on any atom is -0.480 e. The first kappa shape index (κ1) is 13.8. The van der Waals surface area contributed by atoms with Crippen molar-refractivity contribution in [1.82, 2.24) is 0 Å². The Kier molecular flexibility index (Phi) is 4.34. The van der Waals surface area contributed by atoms with E-state index in [2.05, 4.69) is 0 Å². The Labute approximate surface area is 105 Å². The van der Waals surface area contributed by atoms with E-state index in [0.29, 0.717) is 5.56 Å². The van der Waals surface area contributed by atoms with Crippen LogP contribution in [0.25, 0.3) is 0 Å². The molecule has 17 heavy (non-hydrogen) atoms. The van der Waals surface area contributed by atoms with Crippen molar-refractivity contribution in [2.75, 3.05) is 0 Å². The van der Waals surface area contributed by atoms with Gasteiger partial charge in [0.05, 0.1) is 5.25 Å². The monoisotopic (exact) mass is 252 g/mol. The van der Waals surface area contributed by atoms with E-state index in [1.54, 1.807) is 45.0 Å². The van der Waals surface area contributed by atoms with Crippen molar-refractivity contribution >= 4 is 23.5 Å². The predicted octanol–water partition coefficient (Wildman–Crippen LogP) is 2.85. The number of hydrogen-bond acceptors (Lipinski definition) is 3. The SMILES string of the molecule is CC(SC(C)(C)C(=O)O)C(=O)c1ccccc1. The van der Waals surface area contributed by atoms with Gasteiger partial charge in [-0.25, -0.2) is 0 Å². The lowest BCUT2D eigenvalue weighted by Crippen LogP contribution is -2.31. The van der Waals surface area contributed by atoms with Crippen LogP contribution in [0.4, 0.5) is 0 Å². The second-order valence-electron chi connectivity index (χ2n) is 4.31. The molecule has 92 valence electrons. The van der Waals surface area contributed by atoms with Crippen LogP contribution in [0.15, 0.2) is 30.3 Å². The highest BCUT2D eigenvalue weighted by Crippen LogP contribution is 2.30. The Morgan fingerprint density at radius 1 is 1.24 bits per heavy atom. The fraction of sp³-hybridized carbons (Fsp3) is 0.385. The number of hydrogen-bond donors (Lipinski definition) is 1. The van der Waals surface area contributed by atoms with E-state index >= 15 is 0 Å². The second kappa shape index (κ2) is 5.36.